The summed E-state index contributed by atoms with van der Waals surface area (Å²) < 4.78 is 61.6. The predicted octanol–water partition coefficient (Wildman–Crippen LogP) is 2.89. The summed E-state index contributed by atoms with van der Waals surface area (Å²) in [5.74, 6) is -7.59. The highest BCUT2D eigenvalue weighted by Gasteiger charge is 2.64. The minimum atomic E-state index is -5.87. The van der Waals surface area contributed by atoms with Crippen LogP contribution in [-0.4, -0.2) is 36.5 Å². The van der Waals surface area contributed by atoms with Gasteiger partial charge in [0.2, 0.25) is 0 Å². The van der Waals surface area contributed by atoms with Gasteiger partial charge in [0.05, 0.1) is 0 Å². The number of amides is 1. The quantitative estimate of drug-likeness (QED) is 0.777. The molecule has 0 bridgehead atoms. The third-order valence-electron chi connectivity index (χ3n) is 2.55. The summed E-state index contributed by atoms with van der Waals surface area (Å²) in [6.45, 7) is -0.214. The minimum Gasteiger partial charge on any atom is -0.340 e. The van der Waals surface area contributed by atoms with Crippen LogP contribution >= 0.6 is 0 Å². The Hall–Kier alpha value is -1.66. The van der Waals surface area contributed by atoms with Crippen molar-refractivity contribution in [1.82, 2.24) is 4.90 Å². The highest BCUT2D eigenvalue weighted by molar-refractivity contribution is 5.84. The molecule has 0 fully saturated rings. The van der Waals surface area contributed by atoms with Crippen LogP contribution in [0, 0.1) is 0 Å². The molecule has 1 aromatic rings. The van der Waals surface area contributed by atoms with Crippen molar-refractivity contribution >= 4 is 5.91 Å². The summed E-state index contributed by atoms with van der Waals surface area (Å²) in [5.41, 5.74) is 0.748. The molecule has 0 aliphatic heterocycles. The van der Waals surface area contributed by atoms with E-state index in [1.807, 2.05) is 0 Å². The van der Waals surface area contributed by atoms with Crippen LogP contribution in [0.1, 0.15) is 5.56 Å². The predicted molar refractivity (Wildman–Crippen MR) is 58.8 cm³/mol. The fourth-order valence-corrected chi connectivity index (χ4v) is 1.40. The number of carbonyl (C=O) groups excluding carboxylic acids is 1. The normalized spacial score (nSPS) is 12.3. The molecule has 0 saturated heterocycles. The van der Waals surface area contributed by atoms with Crippen LogP contribution in [0.15, 0.2) is 30.3 Å². The van der Waals surface area contributed by atoms with Crippen LogP contribution in [0.3, 0.4) is 0 Å². The van der Waals surface area contributed by atoms with Gasteiger partial charge in [0, 0.05) is 13.6 Å². The number of hydrogen-bond acceptors (Lipinski definition) is 1. The number of benzene rings is 1. The molecule has 0 atom stereocenters. The number of rotatable bonds is 4. The number of carbonyl (C=O) groups is 1. The van der Waals surface area contributed by atoms with Crippen molar-refractivity contribution < 1.29 is 26.7 Å². The van der Waals surface area contributed by atoms with Crippen LogP contribution in [0.2, 0.25) is 0 Å². The highest BCUT2D eigenvalue weighted by atomic mass is 19.4. The maximum absolute atomic E-state index is 12.8. The number of alkyl halides is 5. The fraction of sp³-hybridized carbons (Fsp3) is 0.417. The van der Waals surface area contributed by atoms with Gasteiger partial charge in [-0.25, -0.2) is 0 Å². The van der Waals surface area contributed by atoms with Crippen LogP contribution in [0.25, 0.3) is 0 Å². The largest absolute Gasteiger partial charge is 0.463 e. The van der Waals surface area contributed by atoms with E-state index in [9.17, 15) is 26.7 Å². The third kappa shape index (κ3) is 3.65. The first-order valence-electron chi connectivity index (χ1n) is 5.40. The Balaban J connectivity index is 2.64. The van der Waals surface area contributed by atoms with E-state index in [1.165, 1.54) is 0 Å². The van der Waals surface area contributed by atoms with Gasteiger partial charge in [-0.1, -0.05) is 30.3 Å². The van der Waals surface area contributed by atoms with Crippen molar-refractivity contribution in [2.75, 3.05) is 13.6 Å². The second-order valence-corrected chi connectivity index (χ2v) is 4.03. The van der Waals surface area contributed by atoms with E-state index in [2.05, 4.69) is 0 Å². The van der Waals surface area contributed by atoms with E-state index in [4.69, 9.17) is 0 Å². The summed E-state index contributed by atoms with van der Waals surface area (Å²) in [7, 11) is 0.922. The summed E-state index contributed by atoms with van der Waals surface area (Å²) in [4.78, 5) is 11.5. The molecular formula is C12H12F5NO. The second-order valence-electron chi connectivity index (χ2n) is 4.03. The lowest BCUT2D eigenvalue weighted by atomic mass is 10.1. The Morgan fingerprint density at radius 2 is 1.63 bits per heavy atom. The topological polar surface area (TPSA) is 20.3 Å². The zero-order valence-corrected chi connectivity index (χ0v) is 10.0. The van der Waals surface area contributed by atoms with Gasteiger partial charge in [-0.15, -0.1) is 0 Å². The Bertz CT molecular complexity index is 429. The smallest absolute Gasteiger partial charge is 0.340 e. The van der Waals surface area contributed by atoms with Crippen molar-refractivity contribution in [2.45, 2.75) is 18.5 Å². The average molecular weight is 281 g/mol. The summed E-state index contributed by atoms with van der Waals surface area (Å²) in [5, 5.41) is 0. The molecule has 0 unspecified atom stereocenters. The van der Waals surface area contributed by atoms with Gasteiger partial charge in [0.1, 0.15) is 0 Å². The molecule has 0 radical (unpaired) electrons. The van der Waals surface area contributed by atoms with E-state index in [1.54, 1.807) is 30.3 Å². The van der Waals surface area contributed by atoms with Gasteiger partial charge in [-0.05, 0) is 12.0 Å². The van der Waals surface area contributed by atoms with Gasteiger partial charge in [0.25, 0.3) is 0 Å². The van der Waals surface area contributed by atoms with Gasteiger partial charge in [-0.3, -0.25) is 4.79 Å². The molecule has 1 amide bonds. The Labute approximate surface area is 106 Å². The van der Waals surface area contributed by atoms with E-state index in [-0.39, 0.29) is 13.0 Å². The maximum atomic E-state index is 12.8. The first-order valence-corrected chi connectivity index (χ1v) is 5.40. The Morgan fingerprint density at radius 1 is 1.11 bits per heavy atom. The van der Waals surface area contributed by atoms with E-state index >= 15 is 0 Å². The standard InChI is InChI=1S/C12H12F5NO/c1-18(8-7-9-5-3-2-4-6-9)10(19)11(13,14)12(15,16)17/h2-6H,7-8H2,1H3. The van der Waals surface area contributed by atoms with Crippen LogP contribution in [0.4, 0.5) is 22.0 Å². The lowest BCUT2D eigenvalue weighted by Crippen LogP contribution is -2.51. The van der Waals surface area contributed by atoms with Gasteiger partial charge < -0.3 is 4.90 Å². The second kappa shape index (κ2) is 5.54. The lowest BCUT2D eigenvalue weighted by molar-refractivity contribution is -0.273. The van der Waals surface area contributed by atoms with Gasteiger partial charge in [0.15, 0.2) is 0 Å². The molecule has 0 N–H and O–H groups in total. The summed E-state index contributed by atoms with van der Waals surface area (Å²) in [6, 6.07) is 8.56. The van der Waals surface area contributed by atoms with Crippen molar-refractivity contribution in [1.29, 1.82) is 0 Å². The van der Waals surface area contributed by atoms with Crippen molar-refractivity contribution in [3.63, 3.8) is 0 Å². The molecule has 19 heavy (non-hydrogen) atoms. The lowest BCUT2D eigenvalue weighted by Gasteiger charge is -2.24. The van der Waals surface area contributed by atoms with Crippen LogP contribution < -0.4 is 0 Å². The van der Waals surface area contributed by atoms with Crippen molar-refractivity contribution in [3.05, 3.63) is 35.9 Å². The third-order valence-corrected chi connectivity index (χ3v) is 2.55. The van der Waals surface area contributed by atoms with E-state index in [0.717, 1.165) is 12.6 Å². The van der Waals surface area contributed by atoms with Crippen LogP contribution in [0.5, 0.6) is 0 Å². The zero-order chi connectivity index (χ0) is 14.7. The molecule has 0 aromatic heterocycles. The number of nitrogens with zero attached hydrogens (tertiary/aromatic N) is 1. The minimum absolute atomic E-state index is 0.205. The van der Waals surface area contributed by atoms with Gasteiger partial charge >= 0.3 is 18.0 Å². The molecule has 1 aromatic carbocycles. The number of likely N-dealkylation sites (N-methyl/N-ethyl adjacent to an activating group) is 1. The number of halogens is 5. The molecule has 0 aliphatic rings. The Morgan fingerprint density at radius 3 is 2.11 bits per heavy atom. The fourth-order valence-electron chi connectivity index (χ4n) is 1.40. The van der Waals surface area contributed by atoms with Crippen molar-refractivity contribution in [2.24, 2.45) is 0 Å². The molecule has 106 valence electrons. The molecular weight excluding hydrogens is 269 g/mol. The molecule has 2 nitrogen and oxygen atoms in total. The monoisotopic (exact) mass is 281 g/mol. The molecule has 0 heterocycles. The maximum Gasteiger partial charge on any atom is 0.463 e. The van der Waals surface area contributed by atoms with Gasteiger partial charge in [-0.2, -0.15) is 22.0 Å². The molecule has 0 spiro atoms. The molecule has 0 aliphatic carbocycles. The Kier molecular flexibility index (Phi) is 4.49. The van der Waals surface area contributed by atoms with E-state index in [0.29, 0.717) is 4.90 Å². The number of hydrogen-bond donors (Lipinski definition) is 0. The van der Waals surface area contributed by atoms with E-state index < -0.39 is 18.0 Å². The first kappa shape index (κ1) is 15.4. The first-order chi connectivity index (χ1) is 8.66. The van der Waals surface area contributed by atoms with Crippen LogP contribution in [-0.2, 0) is 11.2 Å². The molecule has 0 saturated carbocycles. The average Bonchev–Trinajstić information content (AvgIpc) is 2.34. The molecule has 1 rings (SSSR count). The summed E-state index contributed by atoms with van der Waals surface area (Å²) in [6.07, 6.45) is -5.66. The van der Waals surface area contributed by atoms with Crippen molar-refractivity contribution in [3.8, 4) is 0 Å². The zero-order valence-electron chi connectivity index (χ0n) is 10.0. The SMILES string of the molecule is CN(CCc1ccccc1)C(=O)C(F)(F)C(F)(F)F. The molecule has 7 heteroatoms. The summed E-state index contributed by atoms with van der Waals surface area (Å²) >= 11 is 0. The highest BCUT2D eigenvalue weighted by Crippen LogP contribution is 2.36.